The number of hydrogen-bond donors (Lipinski definition) is 4. The van der Waals surface area contributed by atoms with E-state index in [9.17, 15) is 0 Å². The van der Waals surface area contributed by atoms with Gasteiger partial charge >= 0.3 is 21.1 Å². The van der Waals surface area contributed by atoms with Gasteiger partial charge in [-0.3, -0.25) is 0 Å². The quantitative estimate of drug-likeness (QED) is 0.348. The van der Waals surface area contributed by atoms with Crippen molar-refractivity contribution in [2.45, 2.75) is 0 Å². The summed E-state index contributed by atoms with van der Waals surface area (Å²) in [6, 6.07) is 0. The largest absolute Gasteiger partial charge is 4.00 e. The molecule has 15 heavy (non-hydrogen) atoms. The van der Waals surface area contributed by atoms with Gasteiger partial charge in [-0.05, 0) is 0 Å². The second-order valence-electron chi connectivity index (χ2n) is 1.02. The minimum Gasteiger partial charge on any atom is -0.870 e. The molecule has 0 aromatic rings. The van der Waals surface area contributed by atoms with Crippen LogP contribution >= 0.6 is 0 Å². The predicted molar refractivity (Wildman–Crippen MR) is 43.9 cm³/mol. The molecule has 0 aliphatic carbocycles. The van der Waals surface area contributed by atoms with E-state index in [0.29, 0.717) is 13.1 Å². The molecule has 0 aromatic carbocycles. The Bertz CT molecular complexity index is 32.6. The second kappa shape index (κ2) is 137. The van der Waals surface area contributed by atoms with Crippen LogP contribution in [0.3, 0.4) is 0 Å². The molecule has 0 aliphatic rings. The smallest absolute Gasteiger partial charge is 0.870 e. The van der Waals surface area contributed by atoms with E-state index in [4.69, 9.17) is 21.7 Å². The first-order chi connectivity index (χ1) is 3.83. The summed E-state index contributed by atoms with van der Waals surface area (Å²) in [6.45, 7) is 0.944. The molecular formula is C4H20N2O8Pt-2. The van der Waals surface area contributed by atoms with E-state index in [2.05, 4.69) is 0 Å². The van der Waals surface area contributed by atoms with Gasteiger partial charge in [0.15, 0.2) is 0 Å². The molecule has 0 saturated heterocycles. The summed E-state index contributed by atoms with van der Waals surface area (Å²) in [5.74, 6) is 0. The zero-order chi connectivity index (χ0) is 6.83. The average Bonchev–Trinajstić information content (AvgIpc) is 1.88. The van der Waals surface area contributed by atoms with Crippen molar-refractivity contribution in [1.82, 2.24) is 0 Å². The normalized spacial score (nSPS) is 4.00. The van der Waals surface area contributed by atoms with Crippen LogP contribution in [0.2, 0.25) is 0 Å². The fourth-order valence-electron chi connectivity index (χ4n) is 0. The van der Waals surface area contributed by atoms with Crippen molar-refractivity contribution in [3.63, 3.8) is 0 Å². The predicted octanol–water partition coefficient (Wildman–Crippen LogP) is -3.19. The molecule has 106 valence electrons. The second-order valence-corrected chi connectivity index (χ2v) is 1.02. The molecule has 0 amide bonds. The minimum absolute atomic E-state index is 0. The Kier molecular flexibility index (Phi) is 722. The van der Waals surface area contributed by atoms with Gasteiger partial charge in [-0.1, -0.05) is 0 Å². The Hall–Kier alpha value is 0.288. The Morgan fingerprint density at radius 1 is 0.600 bits per heavy atom. The van der Waals surface area contributed by atoms with Gasteiger partial charge in [0.05, 0.1) is 13.2 Å². The number of hydrogen-bond acceptors (Lipinski definition) is 10. The van der Waals surface area contributed by atoms with Crippen molar-refractivity contribution in [3.8, 4) is 0 Å². The summed E-state index contributed by atoms with van der Waals surface area (Å²) in [7, 11) is 0. The molecule has 0 aliphatic heterocycles. The third-order valence-electron chi connectivity index (χ3n) is 0.258. The fraction of sp³-hybridized carbons (Fsp3) is 1.00. The van der Waals surface area contributed by atoms with Crippen LogP contribution in [0.5, 0.6) is 0 Å². The zero-order valence-electron chi connectivity index (χ0n) is 7.88. The summed E-state index contributed by atoms with van der Waals surface area (Å²) < 4.78 is 0. The van der Waals surface area contributed by atoms with Crippen LogP contribution in [0.4, 0.5) is 0 Å². The van der Waals surface area contributed by atoms with Gasteiger partial charge in [0, 0.05) is 13.1 Å². The maximum atomic E-state index is 7.75. The third kappa shape index (κ3) is 412. The Labute approximate surface area is 102 Å². The first-order valence-corrected chi connectivity index (χ1v) is 2.45. The molecule has 12 N–H and O–H groups in total. The minimum atomic E-state index is 0. The zero-order valence-corrected chi connectivity index (χ0v) is 10.1. The van der Waals surface area contributed by atoms with E-state index in [1.807, 2.05) is 0 Å². The van der Waals surface area contributed by atoms with E-state index in [1.54, 1.807) is 0 Å². The molecule has 10 nitrogen and oxygen atoms in total. The van der Waals surface area contributed by atoms with Crippen LogP contribution < -0.4 is 11.5 Å². The number of aliphatic hydroxyl groups is 2. The SMILES string of the molecule is NCCO.NCCO.[OH-].[OH-].[OH-].[OH-].[OH-].[OH-].[Pt+4]. The van der Waals surface area contributed by atoms with Crippen molar-refractivity contribution < 1.29 is 64.1 Å². The molecule has 0 fully saturated rings. The molecule has 0 aromatic heterocycles. The molecular weight excluding hydrogens is 399 g/mol. The third-order valence-corrected chi connectivity index (χ3v) is 0.258. The van der Waals surface area contributed by atoms with Gasteiger partial charge < -0.3 is 54.5 Å². The van der Waals surface area contributed by atoms with Gasteiger partial charge in [0.1, 0.15) is 0 Å². The average molecular weight is 419 g/mol. The Morgan fingerprint density at radius 2 is 0.667 bits per heavy atom. The molecule has 11 heteroatoms. The van der Waals surface area contributed by atoms with Crippen molar-refractivity contribution in [3.05, 3.63) is 0 Å². The van der Waals surface area contributed by atoms with Crippen LogP contribution in [-0.2, 0) is 21.1 Å². The van der Waals surface area contributed by atoms with Crippen LogP contribution in [0, 0.1) is 0 Å². The Balaban J connectivity index is -0.00000000468. The molecule has 0 spiro atoms. The molecule has 0 heterocycles. The van der Waals surface area contributed by atoms with E-state index in [0.717, 1.165) is 0 Å². The summed E-state index contributed by atoms with van der Waals surface area (Å²) in [5.41, 5.74) is 9.56. The standard InChI is InChI=1S/2C2H7NO.6H2O.Pt/c2*3-1-2-4;;;;;;;/h2*4H,1-3H2;6*1H2;/q;;;;;;;;+4/p-6. The van der Waals surface area contributed by atoms with Crippen LogP contribution in [0.25, 0.3) is 0 Å². The van der Waals surface area contributed by atoms with Crippen molar-refractivity contribution in [1.29, 1.82) is 0 Å². The van der Waals surface area contributed by atoms with Crippen molar-refractivity contribution in [2.24, 2.45) is 11.5 Å². The maximum absolute atomic E-state index is 7.75. The molecule has 0 atom stereocenters. The summed E-state index contributed by atoms with van der Waals surface area (Å²) in [6.07, 6.45) is 0. The number of rotatable bonds is 2. The van der Waals surface area contributed by atoms with Gasteiger partial charge in [-0.15, -0.1) is 0 Å². The molecule has 0 saturated carbocycles. The van der Waals surface area contributed by atoms with Gasteiger partial charge in [0.2, 0.25) is 0 Å². The van der Waals surface area contributed by atoms with E-state index >= 15 is 0 Å². The summed E-state index contributed by atoms with van der Waals surface area (Å²) in [5, 5.41) is 15.5. The molecule has 0 rings (SSSR count). The molecule has 0 radical (unpaired) electrons. The van der Waals surface area contributed by atoms with Crippen LogP contribution in [0.1, 0.15) is 0 Å². The van der Waals surface area contributed by atoms with Gasteiger partial charge in [-0.2, -0.15) is 0 Å². The van der Waals surface area contributed by atoms with Gasteiger partial charge in [-0.25, -0.2) is 0 Å². The van der Waals surface area contributed by atoms with Gasteiger partial charge in [0.25, 0.3) is 0 Å². The number of aliphatic hydroxyl groups excluding tert-OH is 2. The van der Waals surface area contributed by atoms with Crippen molar-refractivity contribution >= 4 is 0 Å². The fourth-order valence-corrected chi connectivity index (χ4v) is 0. The topological polar surface area (TPSA) is 272 Å². The summed E-state index contributed by atoms with van der Waals surface area (Å²) in [4.78, 5) is 0. The maximum Gasteiger partial charge on any atom is 4.00 e. The first kappa shape index (κ1) is 78.9. The Morgan fingerprint density at radius 3 is 0.667 bits per heavy atom. The van der Waals surface area contributed by atoms with E-state index in [-0.39, 0.29) is 67.1 Å². The van der Waals surface area contributed by atoms with E-state index < -0.39 is 0 Å². The molecule has 0 bridgehead atoms. The van der Waals surface area contributed by atoms with Crippen LogP contribution in [0.15, 0.2) is 0 Å². The molecule has 0 unspecified atom stereocenters. The summed E-state index contributed by atoms with van der Waals surface area (Å²) >= 11 is 0. The van der Waals surface area contributed by atoms with Crippen LogP contribution in [-0.4, -0.2) is 69.4 Å². The van der Waals surface area contributed by atoms with E-state index in [1.165, 1.54) is 0 Å². The monoisotopic (exact) mass is 419 g/mol. The van der Waals surface area contributed by atoms with Crippen molar-refractivity contribution in [2.75, 3.05) is 26.3 Å². The first-order valence-electron chi connectivity index (χ1n) is 2.45. The number of nitrogens with two attached hydrogens (primary N) is 2.